The number of methoxy groups -OCH3 is 1. The van der Waals surface area contributed by atoms with Gasteiger partial charge in [-0.15, -0.1) is 0 Å². The molecule has 2 fully saturated rings. The molecule has 1 atom stereocenters. The van der Waals surface area contributed by atoms with Crippen molar-refractivity contribution in [2.24, 2.45) is 10.9 Å². The van der Waals surface area contributed by atoms with E-state index in [1.807, 2.05) is 6.92 Å². The van der Waals surface area contributed by atoms with Crippen molar-refractivity contribution < 1.29 is 14.3 Å². The van der Waals surface area contributed by atoms with Crippen LogP contribution >= 0.6 is 0 Å². The molecule has 1 aliphatic heterocycles. The van der Waals surface area contributed by atoms with Crippen LogP contribution in [0.15, 0.2) is 4.99 Å². The summed E-state index contributed by atoms with van der Waals surface area (Å²) in [6, 6.07) is 0.390. The summed E-state index contributed by atoms with van der Waals surface area (Å²) in [6.07, 6.45) is 3.30. The Morgan fingerprint density at radius 1 is 1.30 bits per heavy atom. The Kier molecular flexibility index (Phi) is 7.61. The van der Waals surface area contributed by atoms with E-state index in [1.54, 1.807) is 7.11 Å². The quantitative estimate of drug-likeness (QED) is 0.360. The number of hydrogen-bond acceptors (Lipinski definition) is 4. The van der Waals surface area contributed by atoms with E-state index < -0.39 is 0 Å². The van der Waals surface area contributed by atoms with Gasteiger partial charge < -0.3 is 25.0 Å². The average Bonchev–Trinajstić information content (AvgIpc) is 3.23. The summed E-state index contributed by atoms with van der Waals surface area (Å²) in [5.74, 6) is 1.36. The Balaban J connectivity index is 1.74. The number of nitrogens with zero attached hydrogens (tertiary/aromatic N) is 2. The highest BCUT2D eigenvalue weighted by Crippen LogP contribution is 2.18. The van der Waals surface area contributed by atoms with Gasteiger partial charge in [0, 0.05) is 38.7 Å². The Morgan fingerprint density at radius 2 is 2.13 bits per heavy atom. The molecule has 1 saturated carbocycles. The molecule has 0 aromatic heterocycles. The van der Waals surface area contributed by atoms with Crippen LogP contribution in [-0.4, -0.2) is 75.9 Å². The van der Waals surface area contributed by atoms with E-state index >= 15 is 0 Å². The molecule has 1 saturated heterocycles. The SMILES string of the molecule is CCNC(=NCC(=O)NC1CC1)N1CCC(COCCOC)C1. The fourth-order valence-corrected chi connectivity index (χ4v) is 2.63. The maximum absolute atomic E-state index is 11.8. The third-order valence-electron chi connectivity index (χ3n) is 4.02. The molecule has 0 bridgehead atoms. The lowest BCUT2D eigenvalue weighted by Gasteiger charge is -2.21. The van der Waals surface area contributed by atoms with Crippen molar-refractivity contribution in [1.29, 1.82) is 0 Å². The molecule has 1 unspecified atom stereocenters. The second-order valence-electron chi connectivity index (χ2n) is 6.18. The summed E-state index contributed by atoms with van der Waals surface area (Å²) in [5, 5.41) is 6.25. The van der Waals surface area contributed by atoms with E-state index in [2.05, 4.69) is 20.5 Å². The van der Waals surface area contributed by atoms with E-state index in [9.17, 15) is 4.79 Å². The molecule has 1 aliphatic carbocycles. The Labute approximate surface area is 138 Å². The van der Waals surface area contributed by atoms with Gasteiger partial charge in [-0.3, -0.25) is 4.79 Å². The summed E-state index contributed by atoms with van der Waals surface area (Å²) < 4.78 is 10.6. The topological polar surface area (TPSA) is 75.2 Å². The minimum Gasteiger partial charge on any atom is -0.382 e. The van der Waals surface area contributed by atoms with E-state index in [0.29, 0.717) is 25.2 Å². The molecule has 2 N–H and O–H groups in total. The van der Waals surface area contributed by atoms with Crippen LogP contribution in [0.5, 0.6) is 0 Å². The van der Waals surface area contributed by atoms with Crippen LogP contribution in [0, 0.1) is 5.92 Å². The first-order chi connectivity index (χ1) is 11.2. The van der Waals surface area contributed by atoms with Gasteiger partial charge in [-0.05, 0) is 26.2 Å². The molecule has 132 valence electrons. The van der Waals surface area contributed by atoms with Crippen LogP contribution in [0.4, 0.5) is 0 Å². The van der Waals surface area contributed by atoms with Crippen molar-refractivity contribution in [3.63, 3.8) is 0 Å². The molecule has 0 radical (unpaired) electrons. The largest absolute Gasteiger partial charge is 0.382 e. The van der Waals surface area contributed by atoms with Gasteiger partial charge in [0.05, 0.1) is 19.8 Å². The van der Waals surface area contributed by atoms with Crippen molar-refractivity contribution in [2.45, 2.75) is 32.2 Å². The maximum Gasteiger partial charge on any atom is 0.242 e. The Morgan fingerprint density at radius 3 is 2.83 bits per heavy atom. The van der Waals surface area contributed by atoms with Crippen molar-refractivity contribution in [1.82, 2.24) is 15.5 Å². The predicted octanol–water partition coefficient (Wildman–Crippen LogP) is 0.215. The lowest BCUT2D eigenvalue weighted by molar-refractivity contribution is -0.119. The third-order valence-corrected chi connectivity index (χ3v) is 4.02. The lowest BCUT2D eigenvalue weighted by atomic mass is 10.1. The van der Waals surface area contributed by atoms with Crippen molar-refractivity contribution in [2.75, 3.05) is 53.1 Å². The monoisotopic (exact) mass is 326 g/mol. The first-order valence-electron chi connectivity index (χ1n) is 8.62. The van der Waals surface area contributed by atoms with Crippen molar-refractivity contribution in [3.8, 4) is 0 Å². The van der Waals surface area contributed by atoms with Crippen LogP contribution in [0.1, 0.15) is 26.2 Å². The predicted molar refractivity (Wildman–Crippen MR) is 89.5 cm³/mol. The Hall–Kier alpha value is -1.34. The van der Waals surface area contributed by atoms with Crippen LogP contribution in [0.25, 0.3) is 0 Å². The number of ether oxygens (including phenoxy) is 2. The molecule has 7 heteroatoms. The molecule has 7 nitrogen and oxygen atoms in total. The molecule has 2 rings (SSSR count). The zero-order chi connectivity index (χ0) is 16.5. The van der Waals surface area contributed by atoms with Gasteiger partial charge in [0.15, 0.2) is 5.96 Å². The lowest BCUT2D eigenvalue weighted by Crippen LogP contribution is -2.41. The number of amides is 1. The number of aliphatic imine (C=N–C) groups is 1. The molecule has 0 spiro atoms. The third kappa shape index (κ3) is 6.74. The highest BCUT2D eigenvalue weighted by molar-refractivity contribution is 5.85. The molecule has 0 aromatic carbocycles. The molecule has 2 aliphatic rings. The summed E-state index contributed by atoms with van der Waals surface area (Å²) in [7, 11) is 1.68. The molecular weight excluding hydrogens is 296 g/mol. The number of guanidine groups is 1. The second kappa shape index (κ2) is 9.72. The molecule has 1 amide bonds. The fourth-order valence-electron chi connectivity index (χ4n) is 2.63. The first-order valence-corrected chi connectivity index (χ1v) is 8.62. The minimum absolute atomic E-state index is 0.0153. The number of nitrogens with one attached hydrogen (secondary N) is 2. The van der Waals surface area contributed by atoms with Gasteiger partial charge >= 0.3 is 0 Å². The summed E-state index contributed by atoms with van der Waals surface area (Å²) >= 11 is 0. The van der Waals surface area contributed by atoms with Gasteiger partial charge in [0.2, 0.25) is 5.91 Å². The number of carbonyl (C=O) groups excluding carboxylic acids is 1. The van der Waals surface area contributed by atoms with Gasteiger partial charge in [0.25, 0.3) is 0 Å². The fraction of sp³-hybridized carbons (Fsp3) is 0.875. The van der Waals surface area contributed by atoms with E-state index in [0.717, 1.165) is 51.5 Å². The molecule has 23 heavy (non-hydrogen) atoms. The molecule has 1 heterocycles. The number of rotatable bonds is 9. The van der Waals surface area contributed by atoms with E-state index in [4.69, 9.17) is 9.47 Å². The maximum atomic E-state index is 11.8. The van der Waals surface area contributed by atoms with Crippen LogP contribution in [0.2, 0.25) is 0 Å². The van der Waals surface area contributed by atoms with Gasteiger partial charge in [-0.1, -0.05) is 0 Å². The van der Waals surface area contributed by atoms with Crippen LogP contribution < -0.4 is 10.6 Å². The number of likely N-dealkylation sites (tertiary alicyclic amines) is 1. The highest BCUT2D eigenvalue weighted by Gasteiger charge is 2.26. The molecular formula is C16H30N4O3. The van der Waals surface area contributed by atoms with Crippen molar-refractivity contribution in [3.05, 3.63) is 0 Å². The summed E-state index contributed by atoms with van der Waals surface area (Å²) in [6.45, 7) is 6.94. The van der Waals surface area contributed by atoms with Crippen LogP contribution in [0.3, 0.4) is 0 Å². The van der Waals surface area contributed by atoms with E-state index in [-0.39, 0.29) is 12.5 Å². The van der Waals surface area contributed by atoms with Crippen LogP contribution in [-0.2, 0) is 14.3 Å². The zero-order valence-corrected chi connectivity index (χ0v) is 14.3. The summed E-state index contributed by atoms with van der Waals surface area (Å²) in [4.78, 5) is 18.5. The average molecular weight is 326 g/mol. The second-order valence-corrected chi connectivity index (χ2v) is 6.18. The zero-order valence-electron chi connectivity index (χ0n) is 14.3. The van der Waals surface area contributed by atoms with Gasteiger partial charge in [-0.25, -0.2) is 4.99 Å². The number of hydrogen-bond donors (Lipinski definition) is 2. The molecule has 0 aromatic rings. The van der Waals surface area contributed by atoms with Gasteiger partial charge in [-0.2, -0.15) is 0 Å². The van der Waals surface area contributed by atoms with E-state index in [1.165, 1.54) is 0 Å². The number of carbonyl (C=O) groups is 1. The minimum atomic E-state index is 0.0153. The summed E-state index contributed by atoms with van der Waals surface area (Å²) in [5.41, 5.74) is 0. The smallest absolute Gasteiger partial charge is 0.242 e. The highest BCUT2D eigenvalue weighted by atomic mass is 16.5. The first kappa shape index (κ1) is 18.0. The normalized spacial score (nSPS) is 21.6. The van der Waals surface area contributed by atoms with Gasteiger partial charge in [0.1, 0.15) is 6.54 Å². The Bertz CT molecular complexity index is 399. The standard InChI is InChI=1S/C16H30N4O3/c1-3-17-16(18-10-15(21)19-14-4-5-14)20-7-6-13(11-20)12-23-9-8-22-2/h13-14H,3-12H2,1-2H3,(H,17,18)(H,19,21). The van der Waals surface area contributed by atoms with Crippen molar-refractivity contribution >= 4 is 11.9 Å².